The molecule has 0 saturated carbocycles. The van der Waals surface area contributed by atoms with Crippen molar-refractivity contribution in [1.82, 2.24) is 5.32 Å². The Morgan fingerprint density at radius 3 is 2.56 bits per heavy atom. The van der Waals surface area contributed by atoms with Crippen LogP contribution in [0.5, 0.6) is 0 Å². The van der Waals surface area contributed by atoms with Gasteiger partial charge in [-0.25, -0.2) is 0 Å². The fourth-order valence-electron chi connectivity index (χ4n) is 2.79. The Morgan fingerprint density at radius 1 is 1.11 bits per heavy atom. The number of halogens is 2. The van der Waals surface area contributed by atoms with Gasteiger partial charge in [-0.3, -0.25) is 4.79 Å². The lowest BCUT2D eigenvalue weighted by Gasteiger charge is -2.28. The van der Waals surface area contributed by atoms with Crippen LogP contribution in [0, 0.1) is 0 Å². The van der Waals surface area contributed by atoms with Gasteiger partial charge in [-0.15, -0.1) is 11.8 Å². The zero-order valence-corrected chi connectivity index (χ0v) is 17.2. The van der Waals surface area contributed by atoms with Crippen molar-refractivity contribution in [2.24, 2.45) is 0 Å². The quantitative estimate of drug-likeness (QED) is 0.715. The first-order valence-electron chi connectivity index (χ1n) is 8.82. The van der Waals surface area contributed by atoms with Gasteiger partial charge in [0.2, 0.25) is 5.91 Å². The standard InChI is InChI=1S/C20H22Cl2N2O2S/c21-17-4-3-16(19(22)11-17)13-27-14-20(25)23-12-15-1-5-18(6-2-15)24-7-9-26-10-8-24/h1-6,11H,7-10,12-14H2,(H,23,25). The Balaban J connectivity index is 1.39. The summed E-state index contributed by atoms with van der Waals surface area (Å²) in [4.78, 5) is 14.4. The molecule has 2 aromatic carbocycles. The van der Waals surface area contributed by atoms with E-state index < -0.39 is 0 Å². The number of amides is 1. The summed E-state index contributed by atoms with van der Waals surface area (Å²) in [5.41, 5.74) is 3.27. The van der Waals surface area contributed by atoms with Gasteiger partial charge in [0.1, 0.15) is 0 Å². The fraction of sp³-hybridized carbons (Fsp3) is 0.350. The molecule has 1 saturated heterocycles. The van der Waals surface area contributed by atoms with E-state index in [1.807, 2.05) is 12.1 Å². The number of benzene rings is 2. The molecule has 0 unspecified atom stereocenters. The van der Waals surface area contributed by atoms with Crippen molar-refractivity contribution < 1.29 is 9.53 Å². The topological polar surface area (TPSA) is 41.6 Å². The van der Waals surface area contributed by atoms with Crippen LogP contribution in [0.2, 0.25) is 10.0 Å². The summed E-state index contributed by atoms with van der Waals surface area (Å²) in [5, 5.41) is 4.21. The van der Waals surface area contributed by atoms with E-state index in [0.29, 0.717) is 28.1 Å². The molecule has 0 aromatic heterocycles. The molecule has 3 rings (SSSR count). The molecule has 7 heteroatoms. The molecule has 1 aliphatic rings. The molecule has 1 amide bonds. The molecule has 2 aromatic rings. The molecule has 0 radical (unpaired) electrons. The van der Waals surface area contributed by atoms with Crippen molar-refractivity contribution >= 4 is 46.6 Å². The summed E-state index contributed by atoms with van der Waals surface area (Å²) < 4.78 is 5.38. The minimum atomic E-state index is 0.0161. The Hall–Kier alpha value is -1.40. The summed E-state index contributed by atoms with van der Waals surface area (Å²) in [6.45, 7) is 3.92. The highest BCUT2D eigenvalue weighted by molar-refractivity contribution is 7.99. The third-order valence-electron chi connectivity index (χ3n) is 4.31. The molecule has 0 atom stereocenters. The van der Waals surface area contributed by atoms with Crippen LogP contribution >= 0.6 is 35.0 Å². The number of hydrogen-bond donors (Lipinski definition) is 1. The molecule has 0 aliphatic carbocycles. The summed E-state index contributed by atoms with van der Waals surface area (Å²) in [5.74, 6) is 1.09. The fourth-order valence-corrected chi connectivity index (χ4v) is 4.21. The van der Waals surface area contributed by atoms with E-state index in [1.54, 1.807) is 6.07 Å². The maximum absolute atomic E-state index is 12.1. The zero-order chi connectivity index (χ0) is 19.1. The number of ether oxygens (including phenoxy) is 1. The lowest BCUT2D eigenvalue weighted by Crippen LogP contribution is -2.36. The predicted molar refractivity (Wildman–Crippen MR) is 114 cm³/mol. The maximum atomic E-state index is 12.1. The van der Waals surface area contributed by atoms with Crippen LogP contribution in [-0.4, -0.2) is 38.0 Å². The van der Waals surface area contributed by atoms with Crippen molar-refractivity contribution in [3.8, 4) is 0 Å². The van der Waals surface area contributed by atoms with Crippen molar-refractivity contribution in [3.63, 3.8) is 0 Å². The van der Waals surface area contributed by atoms with Crippen molar-refractivity contribution in [2.75, 3.05) is 37.0 Å². The third-order valence-corrected chi connectivity index (χ3v) is 5.88. The maximum Gasteiger partial charge on any atom is 0.230 e. The Kier molecular flexibility index (Phi) is 7.70. The summed E-state index contributed by atoms with van der Waals surface area (Å²) in [6, 6.07) is 13.8. The smallest absolute Gasteiger partial charge is 0.230 e. The first kappa shape index (κ1) is 20.3. The SMILES string of the molecule is O=C(CSCc1ccc(Cl)cc1Cl)NCc1ccc(N2CCOCC2)cc1. The minimum absolute atomic E-state index is 0.0161. The number of hydrogen-bond acceptors (Lipinski definition) is 4. The van der Waals surface area contributed by atoms with Gasteiger partial charge in [-0.1, -0.05) is 41.4 Å². The monoisotopic (exact) mass is 424 g/mol. The number of carbonyl (C=O) groups excluding carboxylic acids is 1. The summed E-state index contributed by atoms with van der Waals surface area (Å²) in [6.07, 6.45) is 0. The first-order valence-corrected chi connectivity index (χ1v) is 10.7. The molecule has 4 nitrogen and oxygen atoms in total. The van der Waals surface area contributed by atoms with Crippen LogP contribution in [0.25, 0.3) is 0 Å². The molecule has 144 valence electrons. The lowest BCUT2D eigenvalue weighted by molar-refractivity contribution is -0.118. The van der Waals surface area contributed by atoms with E-state index in [2.05, 4.69) is 34.5 Å². The number of morpholine rings is 1. The molecule has 27 heavy (non-hydrogen) atoms. The van der Waals surface area contributed by atoms with Gasteiger partial charge in [0.15, 0.2) is 0 Å². The van der Waals surface area contributed by atoms with Gasteiger partial charge >= 0.3 is 0 Å². The molecular formula is C20H22Cl2N2O2S. The number of rotatable bonds is 7. The second-order valence-electron chi connectivity index (χ2n) is 6.27. The van der Waals surface area contributed by atoms with Crippen molar-refractivity contribution in [3.05, 3.63) is 63.6 Å². The normalized spacial score (nSPS) is 14.2. The van der Waals surface area contributed by atoms with Gasteiger partial charge in [0.25, 0.3) is 0 Å². The van der Waals surface area contributed by atoms with Crippen LogP contribution in [-0.2, 0) is 21.8 Å². The third kappa shape index (κ3) is 6.32. The van der Waals surface area contributed by atoms with Crippen LogP contribution in [0.3, 0.4) is 0 Å². The van der Waals surface area contributed by atoms with E-state index >= 15 is 0 Å². The van der Waals surface area contributed by atoms with E-state index in [-0.39, 0.29) is 5.91 Å². The van der Waals surface area contributed by atoms with E-state index in [1.165, 1.54) is 17.4 Å². The molecule has 0 spiro atoms. The molecule has 1 aliphatic heterocycles. The van der Waals surface area contributed by atoms with E-state index in [0.717, 1.165) is 37.4 Å². The van der Waals surface area contributed by atoms with E-state index in [9.17, 15) is 4.79 Å². The molecule has 0 bridgehead atoms. The first-order chi connectivity index (χ1) is 13.1. The minimum Gasteiger partial charge on any atom is -0.378 e. The van der Waals surface area contributed by atoms with Gasteiger partial charge in [-0.05, 0) is 35.4 Å². The van der Waals surface area contributed by atoms with Gasteiger partial charge in [0, 0.05) is 41.1 Å². The highest BCUT2D eigenvalue weighted by Gasteiger charge is 2.11. The Morgan fingerprint density at radius 2 is 1.85 bits per heavy atom. The number of nitrogens with one attached hydrogen (secondary N) is 1. The van der Waals surface area contributed by atoms with Crippen molar-refractivity contribution in [2.45, 2.75) is 12.3 Å². The van der Waals surface area contributed by atoms with Gasteiger partial charge < -0.3 is 15.0 Å². The molecule has 1 heterocycles. The summed E-state index contributed by atoms with van der Waals surface area (Å²) in [7, 11) is 0. The summed E-state index contributed by atoms with van der Waals surface area (Å²) >= 11 is 13.6. The number of nitrogens with zero attached hydrogens (tertiary/aromatic N) is 1. The second kappa shape index (κ2) is 10.2. The predicted octanol–water partition coefficient (Wildman–Crippen LogP) is 4.38. The van der Waals surface area contributed by atoms with E-state index in [4.69, 9.17) is 27.9 Å². The largest absolute Gasteiger partial charge is 0.378 e. The zero-order valence-electron chi connectivity index (χ0n) is 14.9. The lowest BCUT2D eigenvalue weighted by atomic mass is 10.2. The highest BCUT2D eigenvalue weighted by Crippen LogP contribution is 2.24. The van der Waals surface area contributed by atoms with Gasteiger partial charge in [0.05, 0.1) is 19.0 Å². The van der Waals surface area contributed by atoms with Crippen LogP contribution in [0.1, 0.15) is 11.1 Å². The molecular weight excluding hydrogens is 403 g/mol. The highest BCUT2D eigenvalue weighted by atomic mass is 35.5. The second-order valence-corrected chi connectivity index (χ2v) is 8.10. The molecule has 1 fully saturated rings. The molecule has 1 N–H and O–H groups in total. The van der Waals surface area contributed by atoms with Crippen LogP contribution in [0.4, 0.5) is 5.69 Å². The van der Waals surface area contributed by atoms with Crippen molar-refractivity contribution in [1.29, 1.82) is 0 Å². The van der Waals surface area contributed by atoms with Gasteiger partial charge in [-0.2, -0.15) is 0 Å². The Bertz CT molecular complexity index is 765. The average molecular weight is 425 g/mol. The van der Waals surface area contributed by atoms with Crippen LogP contribution < -0.4 is 10.2 Å². The number of thioether (sulfide) groups is 1. The average Bonchev–Trinajstić information content (AvgIpc) is 2.69. The number of anilines is 1. The van der Waals surface area contributed by atoms with Crippen LogP contribution in [0.15, 0.2) is 42.5 Å². The Labute approximate surface area is 174 Å². The number of carbonyl (C=O) groups is 1.